The van der Waals surface area contributed by atoms with E-state index in [4.69, 9.17) is 5.73 Å². The van der Waals surface area contributed by atoms with Gasteiger partial charge in [0.1, 0.15) is 0 Å². The monoisotopic (exact) mass is 212 g/mol. The highest BCUT2D eigenvalue weighted by Crippen LogP contribution is 2.18. The Morgan fingerprint density at radius 2 is 1.60 bits per heavy atom. The van der Waals surface area contributed by atoms with Crippen LogP contribution in [0.15, 0.2) is 0 Å². The van der Waals surface area contributed by atoms with E-state index >= 15 is 0 Å². The Morgan fingerprint density at radius 3 is 2.20 bits per heavy atom. The van der Waals surface area contributed by atoms with Crippen LogP contribution in [0.4, 0.5) is 0 Å². The zero-order valence-electron chi connectivity index (χ0n) is 9.09. The molecule has 0 unspecified atom stereocenters. The molecule has 0 spiro atoms. The smallest absolute Gasteiger partial charge is 0.242 e. The molecule has 86 valence electrons. The van der Waals surface area contributed by atoms with E-state index in [0.29, 0.717) is 0 Å². The Morgan fingerprint density at radius 1 is 1.07 bits per heavy atom. The molecule has 15 heavy (non-hydrogen) atoms. The molecule has 0 saturated carbocycles. The first-order chi connectivity index (χ1) is 7.22. The fourth-order valence-electron chi connectivity index (χ4n) is 2.27. The van der Waals surface area contributed by atoms with Gasteiger partial charge in [-0.15, -0.1) is 0 Å². The van der Waals surface area contributed by atoms with Gasteiger partial charge in [0, 0.05) is 26.2 Å². The molecule has 4 N–H and O–H groups in total. The van der Waals surface area contributed by atoms with Gasteiger partial charge in [-0.2, -0.15) is 0 Å². The molecule has 0 aromatic heterocycles. The molecule has 0 bridgehead atoms. The van der Waals surface area contributed by atoms with E-state index < -0.39 is 5.54 Å². The standard InChI is InChI=1S/C10H20N4O/c11-10(1-3-12-4-2-10)9(15)14-7-5-13-6-8-14/h12-13H,1-8,11H2. The normalized spacial score (nSPS) is 26.3. The molecule has 0 atom stereocenters. The predicted octanol–water partition coefficient (Wildman–Crippen LogP) is -1.50. The van der Waals surface area contributed by atoms with Gasteiger partial charge in [0.05, 0.1) is 5.54 Å². The number of piperazine rings is 1. The second-order valence-electron chi connectivity index (χ2n) is 4.45. The lowest BCUT2D eigenvalue weighted by Gasteiger charge is -2.38. The van der Waals surface area contributed by atoms with Gasteiger partial charge < -0.3 is 21.3 Å². The van der Waals surface area contributed by atoms with Gasteiger partial charge in [-0.1, -0.05) is 0 Å². The summed E-state index contributed by atoms with van der Waals surface area (Å²) in [7, 11) is 0. The fraction of sp³-hybridized carbons (Fsp3) is 0.900. The van der Waals surface area contributed by atoms with Crippen molar-refractivity contribution < 1.29 is 4.79 Å². The minimum absolute atomic E-state index is 0.144. The number of hydrogen-bond donors (Lipinski definition) is 3. The van der Waals surface area contributed by atoms with Crippen LogP contribution in [0, 0.1) is 0 Å². The van der Waals surface area contributed by atoms with Crippen LogP contribution in [0.3, 0.4) is 0 Å². The lowest BCUT2D eigenvalue weighted by molar-refractivity contribution is -0.138. The average molecular weight is 212 g/mol. The second-order valence-corrected chi connectivity index (χ2v) is 4.45. The zero-order chi connectivity index (χ0) is 10.7. The summed E-state index contributed by atoms with van der Waals surface area (Å²) in [5, 5.41) is 6.47. The van der Waals surface area contributed by atoms with Gasteiger partial charge in [-0.25, -0.2) is 0 Å². The molecule has 0 aliphatic carbocycles. The molecule has 2 heterocycles. The van der Waals surface area contributed by atoms with Crippen molar-refractivity contribution in [2.45, 2.75) is 18.4 Å². The maximum Gasteiger partial charge on any atom is 0.242 e. The van der Waals surface area contributed by atoms with Gasteiger partial charge in [0.2, 0.25) is 5.91 Å². The van der Waals surface area contributed by atoms with Gasteiger partial charge >= 0.3 is 0 Å². The summed E-state index contributed by atoms with van der Waals surface area (Å²) in [6.45, 7) is 5.08. The van der Waals surface area contributed by atoms with Crippen LogP contribution in [0.1, 0.15) is 12.8 Å². The molecule has 2 saturated heterocycles. The molecular weight excluding hydrogens is 192 g/mol. The molecule has 2 rings (SSSR count). The third-order valence-electron chi connectivity index (χ3n) is 3.33. The Hall–Kier alpha value is -0.650. The predicted molar refractivity (Wildman–Crippen MR) is 58.5 cm³/mol. The van der Waals surface area contributed by atoms with Crippen molar-refractivity contribution in [1.29, 1.82) is 0 Å². The van der Waals surface area contributed by atoms with E-state index in [1.54, 1.807) is 0 Å². The van der Waals surface area contributed by atoms with E-state index in [0.717, 1.165) is 52.1 Å². The molecule has 1 amide bonds. The Kier molecular flexibility index (Phi) is 3.23. The number of carbonyl (C=O) groups excluding carboxylic acids is 1. The quantitative estimate of drug-likeness (QED) is 0.495. The molecule has 2 aliphatic rings. The minimum atomic E-state index is -0.609. The molecule has 0 aromatic rings. The SMILES string of the molecule is NC1(C(=O)N2CCNCC2)CCNCC1. The zero-order valence-corrected chi connectivity index (χ0v) is 9.09. The van der Waals surface area contributed by atoms with Gasteiger partial charge in [0.15, 0.2) is 0 Å². The number of amides is 1. The fourth-order valence-corrected chi connectivity index (χ4v) is 2.27. The number of rotatable bonds is 1. The van der Waals surface area contributed by atoms with Crippen molar-refractivity contribution >= 4 is 5.91 Å². The lowest BCUT2D eigenvalue weighted by Crippen LogP contribution is -2.62. The summed E-state index contributed by atoms with van der Waals surface area (Å²) in [4.78, 5) is 14.1. The summed E-state index contributed by atoms with van der Waals surface area (Å²) in [5.41, 5.74) is 5.57. The Balaban J connectivity index is 1.98. The lowest BCUT2D eigenvalue weighted by atomic mass is 9.88. The maximum atomic E-state index is 12.2. The van der Waals surface area contributed by atoms with E-state index in [1.807, 2.05) is 4.90 Å². The molecule has 0 aromatic carbocycles. The highest BCUT2D eigenvalue weighted by atomic mass is 16.2. The van der Waals surface area contributed by atoms with Crippen LogP contribution in [-0.4, -0.2) is 55.6 Å². The maximum absolute atomic E-state index is 12.2. The first kappa shape index (κ1) is 10.9. The molecule has 2 aliphatic heterocycles. The summed E-state index contributed by atoms with van der Waals surface area (Å²) >= 11 is 0. The van der Waals surface area contributed by atoms with E-state index in [-0.39, 0.29) is 5.91 Å². The molecule has 5 nitrogen and oxygen atoms in total. The van der Waals surface area contributed by atoms with Crippen molar-refractivity contribution in [3.8, 4) is 0 Å². The Bertz CT molecular complexity index is 232. The van der Waals surface area contributed by atoms with Crippen molar-refractivity contribution in [3.63, 3.8) is 0 Å². The van der Waals surface area contributed by atoms with Crippen molar-refractivity contribution in [1.82, 2.24) is 15.5 Å². The topological polar surface area (TPSA) is 70.4 Å². The number of piperidine rings is 1. The van der Waals surface area contributed by atoms with E-state index in [2.05, 4.69) is 10.6 Å². The molecule has 0 radical (unpaired) electrons. The summed E-state index contributed by atoms with van der Waals surface area (Å²) in [5.74, 6) is 0.144. The van der Waals surface area contributed by atoms with Gasteiger partial charge in [0.25, 0.3) is 0 Å². The first-order valence-electron chi connectivity index (χ1n) is 5.72. The number of hydrogen-bond acceptors (Lipinski definition) is 4. The third kappa shape index (κ3) is 2.30. The van der Waals surface area contributed by atoms with Crippen LogP contribution in [0.2, 0.25) is 0 Å². The highest BCUT2D eigenvalue weighted by molar-refractivity contribution is 5.86. The van der Waals surface area contributed by atoms with Crippen LogP contribution in [0.25, 0.3) is 0 Å². The number of nitrogens with two attached hydrogens (primary N) is 1. The van der Waals surface area contributed by atoms with E-state index in [1.165, 1.54) is 0 Å². The van der Waals surface area contributed by atoms with Crippen LogP contribution < -0.4 is 16.4 Å². The highest BCUT2D eigenvalue weighted by Gasteiger charge is 2.38. The number of carbonyl (C=O) groups is 1. The number of nitrogens with one attached hydrogen (secondary N) is 2. The van der Waals surface area contributed by atoms with Crippen LogP contribution in [0.5, 0.6) is 0 Å². The number of nitrogens with zero attached hydrogens (tertiary/aromatic N) is 1. The third-order valence-corrected chi connectivity index (χ3v) is 3.33. The van der Waals surface area contributed by atoms with Crippen molar-refractivity contribution in [3.05, 3.63) is 0 Å². The Labute approximate surface area is 90.4 Å². The van der Waals surface area contributed by atoms with Crippen molar-refractivity contribution in [2.75, 3.05) is 39.3 Å². The van der Waals surface area contributed by atoms with Gasteiger partial charge in [-0.3, -0.25) is 4.79 Å². The van der Waals surface area contributed by atoms with E-state index in [9.17, 15) is 4.79 Å². The largest absolute Gasteiger partial charge is 0.339 e. The molecule has 2 fully saturated rings. The summed E-state index contributed by atoms with van der Waals surface area (Å²) in [6, 6.07) is 0. The van der Waals surface area contributed by atoms with Crippen molar-refractivity contribution in [2.24, 2.45) is 5.73 Å². The summed E-state index contributed by atoms with van der Waals surface area (Å²) < 4.78 is 0. The molecular formula is C10H20N4O. The van der Waals surface area contributed by atoms with Gasteiger partial charge in [-0.05, 0) is 25.9 Å². The average Bonchev–Trinajstić information content (AvgIpc) is 2.30. The van der Waals surface area contributed by atoms with Crippen LogP contribution >= 0.6 is 0 Å². The first-order valence-corrected chi connectivity index (χ1v) is 5.72. The second kappa shape index (κ2) is 4.47. The minimum Gasteiger partial charge on any atom is -0.339 e. The summed E-state index contributed by atoms with van der Waals surface area (Å²) in [6.07, 6.45) is 1.52. The van der Waals surface area contributed by atoms with Crippen LogP contribution in [-0.2, 0) is 4.79 Å². The molecule has 5 heteroatoms.